The first-order valence-electron chi connectivity index (χ1n) is 8.08. The number of methoxy groups -OCH3 is 1. The van der Waals surface area contributed by atoms with Crippen LogP contribution in [-0.2, 0) is 23.9 Å². The van der Waals surface area contributed by atoms with Gasteiger partial charge in [0.05, 0.1) is 13.0 Å². The Balaban J connectivity index is 1.88. The molecule has 0 fully saturated rings. The highest BCUT2D eigenvalue weighted by Crippen LogP contribution is 2.25. The fraction of sp³-hybridized carbons (Fsp3) is 0.333. The van der Waals surface area contributed by atoms with E-state index in [2.05, 4.69) is 9.57 Å². The predicted molar refractivity (Wildman–Crippen MR) is 93.8 cm³/mol. The van der Waals surface area contributed by atoms with Crippen molar-refractivity contribution in [2.24, 2.45) is 0 Å². The Morgan fingerprint density at radius 1 is 1.07 bits per heavy atom. The van der Waals surface area contributed by atoms with Crippen molar-refractivity contribution in [3.05, 3.63) is 52.1 Å². The van der Waals surface area contributed by atoms with Gasteiger partial charge in [0.25, 0.3) is 5.09 Å². The van der Waals surface area contributed by atoms with Crippen LogP contribution in [0, 0.1) is 10.1 Å². The van der Waals surface area contributed by atoms with Crippen LogP contribution in [0.25, 0.3) is 10.8 Å². The highest BCUT2D eigenvalue weighted by molar-refractivity contribution is 5.87. The van der Waals surface area contributed by atoms with E-state index in [1.54, 1.807) is 20.1 Å². The lowest BCUT2D eigenvalue weighted by atomic mass is 9.98. The zero-order valence-electron chi connectivity index (χ0n) is 14.9. The number of ether oxygens (including phenoxy) is 3. The van der Waals surface area contributed by atoms with Gasteiger partial charge in [-0.1, -0.05) is 24.3 Å². The molecule has 0 bridgehead atoms. The third-order valence-electron chi connectivity index (χ3n) is 3.80. The molecule has 0 radical (unpaired) electrons. The predicted octanol–water partition coefficient (Wildman–Crippen LogP) is 2.25. The lowest BCUT2D eigenvalue weighted by molar-refractivity contribution is -0.757. The maximum atomic E-state index is 12.1. The maximum Gasteiger partial charge on any atom is 0.344 e. The minimum absolute atomic E-state index is 0.305. The zero-order valence-corrected chi connectivity index (χ0v) is 14.9. The molecule has 144 valence electrons. The van der Waals surface area contributed by atoms with Crippen LogP contribution < -0.4 is 4.74 Å². The molecular formula is C18H19NO8. The number of hydrogen-bond donors (Lipinski definition) is 0. The second-order valence-corrected chi connectivity index (χ2v) is 5.58. The number of fused-ring (bicyclic) bond motifs is 1. The Morgan fingerprint density at radius 2 is 1.78 bits per heavy atom. The lowest BCUT2D eigenvalue weighted by Crippen LogP contribution is -2.21. The summed E-state index contributed by atoms with van der Waals surface area (Å²) in [5.41, 5.74) is 0.741. The molecule has 0 aromatic heterocycles. The van der Waals surface area contributed by atoms with Crippen LogP contribution in [0.2, 0.25) is 0 Å². The van der Waals surface area contributed by atoms with Gasteiger partial charge in [-0.3, -0.25) is 4.79 Å². The fourth-order valence-electron chi connectivity index (χ4n) is 2.34. The molecule has 0 amide bonds. The Labute approximate surface area is 154 Å². The van der Waals surface area contributed by atoms with E-state index in [9.17, 15) is 19.7 Å². The third-order valence-corrected chi connectivity index (χ3v) is 3.80. The SMILES string of the molecule is COc1ccc2cc(C(C)C(=O)OCC(=O)OCCO[N+](=O)[O-])ccc2c1. The van der Waals surface area contributed by atoms with Gasteiger partial charge in [-0.05, 0) is 35.4 Å². The van der Waals surface area contributed by atoms with Gasteiger partial charge in [-0.15, -0.1) is 10.1 Å². The van der Waals surface area contributed by atoms with Gasteiger partial charge in [-0.25, -0.2) is 4.79 Å². The average molecular weight is 377 g/mol. The highest BCUT2D eigenvalue weighted by atomic mass is 17.0. The molecule has 0 N–H and O–H groups in total. The summed E-state index contributed by atoms with van der Waals surface area (Å²) in [6.45, 7) is 0.404. The summed E-state index contributed by atoms with van der Waals surface area (Å²) in [5, 5.41) is 10.9. The first-order chi connectivity index (χ1) is 12.9. The molecule has 9 nitrogen and oxygen atoms in total. The summed E-state index contributed by atoms with van der Waals surface area (Å²) < 4.78 is 14.8. The number of nitrogens with zero attached hydrogens (tertiary/aromatic N) is 1. The molecular weight excluding hydrogens is 358 g/mol. The van der Waals surface area contributed by atoms with Gasteiger partial charge in [0, 0.05) is 0 Å². The van der Waals surface area contributed by atoms with Crippen LogP contribution in [-0.4, -0.2) is 44.0 Å². The first-order valence-corrected chi connectivity index (χ1v) is 8.08. The minimum atomic E-state index is -0.991. The zero-order chi connectivity index (χ0) is 19.8. The van der Waals surface area contributed by atoms with E-state index in [4.69, 9.17) is 9.47 Å². The van der Waals surface area contributed by atoms with Crippen LogP contribution in [0.15, 0.2) is 36.4 Å². The van der Waals surface area contributed by atoms with Gasteiger partial charge in [0.2, 0.25) is 0 Å². The Hall–Kier alpha value is -3.36. The van der Waals surface area contributed by atoms with E-state index in [0.29, 0.717) is 0 Å². The molecule has 0 saturated carbocycles. The number of carbonyl (C=O) groups is 2. The van der Waals surface area contributed by atoms with E-state index < -0.39 is 29.6 Å². The number of esters is 2. The van der Waals surface area contributed by atoms with Crippen LogP contribution in [0.3, 0.4) is 0 Å². The largest absolute Gasteiger partial charge is 0.497 e. The van der Waals surface area contributed by atoms with E-state index >= 15 is 0 Å². The second-order valence-electron chi connectivity index (χ2n) is 5.58. The fourth-order valence-corrected chi connectivity index (χ4v) is 2.34. The third kappa shape index (κ3) is 5.84. The van der Waals surface area contributed by atoms with Gasteiger partial charge in [0.15, 0.2) is 6.61 Å². The maximum absolute atomic E-state index is 12.1. The first kappa shape index (κ1) is 20.0. The topological polar surface area (TPSA) is 114 Å². The van der Waals surface area contributed by atoms with Crippen molar-refractivity contribution in [3.63, 3.8) is 0 Å². The van der Waals surface area contributed by atoms with Gasteiger partial charge in [-0.2, -0.15) is 0 Å². The average Bonchev–Trinajstić information content (AvgIpc) is 2.67. The Kier molecular flexibility index (Phi) is 6.93. The van der Waals surface area contributed by atoms with Crippen molar-refractivity contribution in [3.8, 4) is 5.75 Å². The Bertz CT molecular complexity index is 835. The molecule has 2 aromatic rings. The highest BCUT2D eigenvalue weighted by Gasteiger charge is 2.19. The Morgan fingerprint density at radius 3 is 2.48 bits per heavy atom. The molecule has 0 spiro atoms. The number of benzene rings is 2. The number of carbonyl (C=O) groups excluding carboxylic acids is 2. The molecule has 0 aliphatic heterocycles. The van der Waals surface area contributed by atoms with Crippen LogP contribution in [0.5, 0.6) is 5.75 Å². The summed E-state index contributed by atoms with van der Waals surface area (Å²) in [7, 11) is 1.59. The number of hydrogen-bond acceptors (Lipinski definition) is 8. The van der Waals surface area contributed by atoms with Crippen molar-refractivity contribution in [2.45, 2.75) is 12.8 Å². The molecule has 2 rings (SSSR count). The lowest BCUT2D eigenvalue weighted by Gasteiger charge is -2.13. The molecule has 0 aliphatic rings. The second kappa shape index (κ2) is 9.37. The molecule has 0 saturated heterocycles. The smallest absolute Gasteiger partial charge is 0.344 e. The quantitative estimate of drug-likeness (QED) is 0.283. The molecule has 9 heteroatoms. The summed E-state index contributed by atoms with van der Waals surface area (Å²) in [5.74, 6) is -1.23. The molecule has 1 atom stereocenters. The normalized spacial score (nSPS) is 11.5. The van der Waals surface area contributed by atoms with Crippen molar-refractivity contribution in [2.75, 3.05) is 26.9 Å². The molecule has 2 aromatic carbocycles. The van der Waals surface area contributed by atoms with Gasteiger partial charge < -0.3 is 19.0 Å². The van der Waals surface area contributed by atoms with Crippen molar-refractivity contribution in [1.82, 2.24) is 0 Å². The van der Waals surface area contributed by atoms with Crippen LogP contribution in [0.4, 0.5) is 0 Å². The standard InChI is InChI=1S/C18H19NO8/c1-12(18(21)26-11-17(20)25-7-8-27-19(22)23)13-3-4-15-10-16(24-2)6-5-14(15)9-13/h3-6,9-10,12H,7-8,11H2,1-2H3. The monoisotopic (exact) mass is 377 g/mol. The summed E-state index contributed by atoms with van der Waals surface area (Å²) in [4.78, 5) is 37.5. The summed E-state index contributed by atoms with van der Waals surface area (Å²) in [6, 6.07) is 11.2. The molecule has 1 unspecified atom stereocenters. The van der Waals surface area contributed by atoms with Crippen molar-refractivity contribution >= 4 is 22.7 Å². The van der Waals surface area contributed by atoms with Crippen LogP contribution in [0.1, 0.15) is 18.4 Å². The minimum Gasteiger partial charge on any atom is -0.497 e. The van der Waals surface area contributed by atoms with E-state index in [-0.39, 0.29) is 13.2 Å². The van der Waals surface area contributed by atoms with Crippen molar-refractivity contribution < 1.29 is 33.7 Å². The number of rotatable bonds is 9. The van der Waals surface area contributed by atoms with E-state index in [1.807, 2.05) is 30.3 Å². The summed E-state index contributed by atoms with van der Waals surface area (Å²) >= 11 is 0. The van der Waals surface area contributed by atoms with Crippen LogP contribution >= 0.6 is 0 Å². The summed E-state index contributed by atoms with van der Waals surface area (Å²) in [6.07, 6.45) is 0. The van der Waals surface area contributed by atoms with Gasteiger partial charge in [0.1, 0.15) is 19.0 Å². The molecule has 27 heavy (non-hydrogen) atoms. The van der Waals surface area contributed by atoms with Crippen molar-refractivity contribution in [1.29, 1.82) is 0 Å². The molecule has 0 aliphatic carbocycles. The van der Waals surface area contributed by atoms with E-state index in [0.717, 1.165) is 22.1 Å². The van der Waals surface area contributed by atoms with E-state index in [1.165, 1.54) is 0 Å². The van der Waals surface area contributed by atoms with Gasteiger partial charge >= 0.3 is 11.9 Å². The molecule has 0 heterocycles.